The van der Waals surface area contributed by atoms with Gasteiger partial charge >= 0.3 is 0 Å². The minimum atomic E-state index is 0.278. The third kappa shape index (κ3) is 2.29. The molecule has 0 bridgehead atoms. The quantitative estimate of drug-likeness (QED) is 0.754. The highest BCUT2D eigenvalue weighted by atomic mass is 16.5. The molecule has 2 nitrogen and oxygen atoms in total. The van der Waals surface area contributed by atoms with E-state index >= 15 is 0 Å². The zero-order chi connectivity index (χ0) is 10.0. The van der Waals surface area contributed by atoms with E-state index in [0.29, 0.717) is 11.5 Å². The summed E-state index contributed by atoms with van der Waals surface area (Å²) in [5, 5.41) is 0. The monoisotopic (exact) mass is 197 g/mol. The zero-order valence-electron chi connectivity index (χ0n) is 9.30. The van der Waals surface area contributed by atoms with Gasteiger partial charge in [0.15, 0.2) is 0 Å². The van der Waals surface area contributed by atoms with Crippen molar-refractivity contribution in [3.05, 3.63) is 0 Å². The van der Waals surface area contributed by atoms with E-state index in [1.807, 2.05) is 0 Å². The molecular weight excluding hydrogens is 174 g/mol. The number of hydrogen-bond acceptors (Lipinski definition) is 2. The highest BCUT2D eigenvalue weighted by Gasteiger charge is 2.35. The van der Waals surface area contributed by atoms with Crippen LogP contribution in [-0.2, 0) is 4.74 Å². The first kappa shape index (κ1) is 10.4. The van der Waals surface area contributed by atoms with Gasteiger partial charge in [0, 0.05) is 12.6 Å². The van der Waals surface area contributed by atoms with Crippen LogP contribution in [0.15, 0.2) is 0 Å². The summed E-state index contributed by atoms with van der Waals surface area (Å²) < 4.78 is 5.73. The highest BCUT2D eigenvalue weighted by Crippen LogP contribution is 2.44. The number of nitrogens with two attached hydrogens (primary N) is 1. The first-order chi connectivity index (χ1) is 6.70. The summed E-state index contributed by atoms with van der Waals surface area (Å²) in [6.07, 6.45) is 9.35. The first-order valence-corrected chi connectivity index (χ1v) is 6.07. The molecule has 2 heteroatoms. The second-order valence-corrected chi connectivity index (χ2v) is 5.44. The lowest BCUT2D eigenvalue weighted by Gasteiger charge is -2.42. The molecule has 1 heterocycles. The third-order valence-electron chi connectivity index (χ3n) is 3.98. The Kier molecular flexibility index (Phi) is 3.13. The Morgan fingerprint density at radius 3 is 2.64 bits per heavy atom. The van der Waals surface area contributed by atoms with Crippen molar-refractivity contribution in [3.8, 4) is 0 Å². The fourth-order valence-electron chi connectivity index (χ4n) is 2.79. The first-order valence-electron chi connectivity index (χ1n) is 6.07. The minimum absolute atomic E-state index is 0.278. The van der Waals surface area contributed by atoms with Crippen molar-refractivity contribution in [2.24, 2.45) is 11.1 Å². The van der Waals surface area contributed by atoms with Gasteiger partial charge in [-0.1, -0.05) is 13.3 Å². The van der Waals surface area contributed by atoms with Crippen LogP contribution in [0, 0.1) is 5.41 Å². The van der Waals surface area contributed by atoms with E-state index in [1.54, 1.807) is 0 Å². The molecule has 0 radical (unpaired) electrons. The van der Waals surface area contributed by atoms with Crippen LogP contribution in [0.1, 0.15) is 51.9 Å². The van der Waals surface area contributed by atoms with E-state index in [9.17, 15) is 0 Å². The Morgan fingerprint density at radius 2 is 2.14 bits per heavy atom. The van der Waals surface area contributed by atoms with Gasteiger partial charge in [0.25, 0.3) is 0 Å². The third-order valence-corrected chi connectivity index (χ3v) is 3.98. The van der Waals surface area contributed by atoms with Gasteiger partial charge in [0.05, 0.1) is 6.10 Å². The van der Waals surface area contributed by atoms with Gasteiger partial charge in [-0.3, -0.25) is 0 Å². The summed E-state index contributed by atoms with van der Waals surface area (Å²) >= 11 is 0. The van der Waals surface area contributed by atoms with Crippen molar-refractivity contribution >= 4 is 0 Å². The number of rotatable bonds is 3. The van der Waals surface area contributed by atoms with Crippen molar-refractivity contribution in [2.75, 3.05) is 6.61 Å². The summed E-state index contributed by atoms with van der Waals surface area (Å²) in [5.41, 5.74) is 6.76. The summed E-state index contributed by atoms with van der Waals surface area (Å²) in [6.45, 7) is 3.30. The van der Waals surface area contributed by atoms with E-state index in [2.05, 4.69) is 6.92 Å². The van der Waals surface area contributed by atoms with E-state index in [0.717, 1.165) is 13.0 Å². The zero-order valence-corrected chi connectivity index (χ0v) is 9.30. The molecule has 1 aliphatic carbocycles. The van der Waals surface area contributed by atoms with E-state index in [-0.39, 0.29) is 6.04 Å². The SMILES string of the molecule is CC1(CC(N)C2CCCCO2)CCC1. The highest BCUT2D eigenvalue weighted by molar-refractivity contribution is 4.89. The van der Waals surface area contributed by atoms with Crippen LogP contribution in [0.4, 0.5) is 0 Å². The smallest absolute Gasteiger partial charge is 0.0726 e. The van der Waals surface area contributed by atoms with Crippen LogP contribution in [0.3, 0.4) is 0 Å². The van der Waals surface area contributed by atoms with Gasteiger partial charge in [-0.2, -0.15) is 0 Å². The molecule has 2 atom stereocenters. The molecule has 2 N–H and O–H groups in total. The molecule has 0 aromatic rings. The standard InChI is InChI=1S/C12H23NO/c1-12(6-4-7-12)9-10(13)11-5-2-3-8-14-11/h10-11H,2-9,13H2,1H3. The Bertz CT molecular complexity index is 183. The molecule has 1 aliphatic heterocycles. The Labute approximate surface area is 87.2 Å². The molecule has 2 rings (SSSR count). The average Bonchev–Trinajstić information content (AvgIpc) is 2.17. The number of ether oxygens (including phenoxy) is 1. The maximum atomic E-state index is 6.22. The van der Waals surface area contributed by atoms with Crippen molar-refractivity contribution in [2.45, 2.75) is 64.0 Å². The molecule has 2 fully saturated rings. The Morgan fingerprint density at radius 1 is 1.36 bits per heavy atom. The van der Waals surface area contributed by atoms with Gasteiger partial charge in [-0.15, -0.1) is 0 Å². The molecule has 14 heavy (non-hydrogen) atoms. The molecule has 1 saturated carbocycles. The average molecular weight is 197 g/mol. The lowest BCUT2D eigenvalue weighted by atomic mass is 9.66. The molecule has 2 aliphatic rings. The lowest BCUT2D eigenvalue weighted by molar-refractivity contribution is -0.0159. The normalized spacial score (nSPS) is 33.4. The van der Waals surface area contributed by atoms with E-state index in [1.165, 1.54) is 38.5 Å². The van der Waals surface area contributed by atoms with Gasteiger partial charge in [0.2, 0.25) is 0 Å². The van der Waals surface area contributed by atoms with Crippen LogP contribution >= 0.6 is 0 Å². The fourth-order valence-corrected chi connectivity index (χ4v) is 2.79. The second kappa shape index (κ2) is 4.19. The lowest BCUT2D eigenvalue weighted by Crippen LogP contribution is -2.44. The maximum Gasteiger partial charge on any atom is 0.0726 e. The van der Waals surface area contributed by atoms with Gasteiger partial charge < -0.3 is 10.5 Å². The molecular formula is C12H23NO. The van der Waals surface area contributed by atoms with Crippen LogP contribution in [0.2, 0.25) is 0 Å². The van der Waals surface area contributed by atoms with Crippen molar-refractivity contribution < 1.29 is 4.74 Å². The molecule has 2 unspecified atom stereocenters. The number of hydrogen-bond donors (Lipinski definition) is 1. The molecule has 0 aromatic carbocycles. The summed E-state index contributed by atoms with van der Waals surface area (Å²) in [5.74, 6) is 0. The second-order valence-electron chi connectivity index (χ2n) is 5.44. The van der Waals surface area contributed by atoms with Crippen LogP contribution in [-0.4, -0.2) is 18.8 Å². The van der Waals surface area contributed by atoms with Crippen LogP contribution in [0.25, 0.3) is 0 Å². The predicted molar refractivity (Wildman–Crippen MR) is 58.1 cm³/mol. The van der Waals surface area contributed by atoms with Crippen molar-refractivity contribution in [3.63, 3.8) is 0 Å². The summed E-state index contributed by atoms with van der Waals surface area (Å²) in [4.78, 5) is 0. The van der Waals surface area contributed by atoms with Crippen molar-refractivity contribution in [1.29, 1.82) is 0 Å². The predicted octanol–water partition coefficient (Wildman–Crippen LogP) is 2.46. The van der Waals surface area contributed by atoms with Gasteiger partial charge in [-0.05, 0) is 43.9 Å². The van der Waals surface area contributed by atoms with Crippen molar-refractivity contribution in [1.82, 2.24) is 0 Å². The fraction of sp³-hybridized carbons (Fsp3) is 1.00. The molecule has 0 amide bonds. The Hall–Kier alpha value is -0.0800. The van der Waals surface area contributed by atoms with Crippen LogP contribution < -0.4 is 5.73 Å². The maximum absolute atomic E-state index is 6.22. The van der Waals surface area contributed by atoms with Gasteiger partial charge in [-0.25, -0.2) is 0 Å². The molecule has 82 valence electrons. The van der Waals surface area contributed by atoms with E-state index < -0.39 is 0 Å². The molecule has 0 aromatic heterocycles. The topological polar surface area (TPSA) is 35.2 Å². The summed E-state index contributed by atoms with van der Waals surface area (Å²) in [7, 11) is 0. The van der Waals surface area contributed by atoms with E-state index in [4.69, 9.17) is 10.5 Å². The Balaban J connectivity index is 1.78. The summed E-state index contributed by atoms with van der Waals surface area (Å²) in [6, 6.07) is 0.278. The largest absolute Gasteiger partial charge is 0.377 e. The molecule has 0 spiro atoms. The minimum Gasteiger partial charge on any atom is -0.377 e. The molecule has 1 saturated heterocycles. The van der Waals surface area contributed by atoms with Crippen LogP contribution in [0.5, 0.6) is 0 Å². The van der Waals surface area contributed by atoms with Gasteiger partial charge in [0.1, 0.15) is 0 Å².